The first-order valence-corrected chi connectivity index (χ1v) is 13.5. The fraction of sp³-hybridized carbons (Fsp3) is 0.667. The van der Waals surface area contributed by atoms with Gasteiger partial charge in [-0.05, 0) is 57.1 Å². The van der Waals surface area contributed by atoms with Crippen molar-refractivity contribution in [3.8, 4) is 17.1 Å². The number of alkyl halides is 2. The first-order chi connectivity index (χ1) is 18.4. The van der Waals surface area contributed by atoms with Crippen molar-refractivity contribution in [3.05, 3.63) is 23.5 Å². The van der Waals surface area contributed by atoms with Crippen molar-refractivity contribution < 1.29 is 33.0 Å². The molecule has 3 aliphatic carbocycles. The number of carboxylic acids is 1. The van der Waals surface area contributed by atoms with Crippen LogP contribution in [0.5, 0.6) is 5.75 Å². The second kappa shape index (κ2) is 10.3. The van der Waals surface area contributed by atoms with E-state index < -0.39 is 23.4 Å². The Kier molecular flexibility index (Phi) is 7.23. The highest BCUT2D eigenvalue weighted by Gasteiger charge is 2.46. The fourth-order valence-electron chi connectivity index (χ4n) is 5.60. The number of hydrogen-bond donors (Lipinski definition) is 1. The van der Waals surface area contributed by atoms with Crippen LogP contribution in [0.4, 0.5) is 13.6 Å². The quantitative estimate of drug-likeness (QED) is 0.476. The van der Waals surface area contributed by atoms with Crippen molar-refractivity contribution in [1.29, 1.82) is 0 Å². The average Bonchev–Trinajstić information content (AvgIpc) is 3.64. The molecule has 0 saturated heterocycles. The van der Waals surface area contributed by atoms with Gasteiger partial charge in [-0.1, -0.05) is 5.21 Å². The van der Waals surface area contributed by atoms with Crippen molar-refractivity contribution in [2.75, 3.05) is 13.6 Å². The van der Waals surface area contributed by atoms with Gasteiger partial charge < -0.3 is 19.5 Å². The van der Waals surface area contributed by atoms with Crippen LogP contribution in [0.2, 0.25) is 0 Å². The SMILES string of the molecule is CN(CC1CC(F)(F)C1)C(=O)OCc1c(-c2ccc(O[C@H]3CCC[C@](C)(C(=O)O)C3)c(C3CC3)n2)nnn1C. The number of aryl methyl sites for hydroxylation is 1. The number of ether oxygens (including phenoxy) is 2. The molecule has 5 rings (SSSR count). The summed E-state index contributed by atoms with van der Waals surface area (Å²) in [6, 6.07) is 3.65. The molecule has 2 heterocycles. The van der Waals surface area contributed by atoms with Gasteiger partial charge in [0.1, 0.15) is 23.7 Å². The minimum atomic E-state index is -2.63. The number of aromatic nitrogens is 4. The molecule has 0 spiro atoms. The van der Waals surface area contributed by atoms with E-state index in [9.17, 15) is 23.5 Å². The van der Waals surface area contributed by atoms with Crippen LogP contribution in [-0.2, 0) is 23.2 Å². The maximum absolute atomic E-state index is 13.1. The normalized spacial score (nSPS) is 24.6. The second-order valence-corrected chi connectivity index (χ2v) is 11.6. The van der Waals surface area contributed by atoms with Crippen LogP contribution in [0.15, 0.2) is 12.1 Å². The third kappa shape index (κ3) is 5.99. The topological polar surface area (TPSA) is 120 Å². The van der Waals surface area contributed by atoms with Gasteiger partial charge in [0.25, 0.3) is 0 Å². The molecule has 3 fully saturated rings. The van der Waals surface area contributed by atoms with Gasteiger partial charge in [0.2, 0.25) is 5.92 Å². The zero-order valence-electron chi connectivity index (χ0n) is 22.5. The summed E-state index contributed by atoms with van der Waals surface area (Å²) in [5.74, 6) is -2.73. The van der Waals surface area contributed by atoms with Crippen LogP contribution in [0.25, 0.3) is 11.4 Å². The van der Waals surface area contributed by atoms with Crippen LogP contribution in [-0.4, -0.2) is 67.7 Å². The Hall–Kier alpha value is -3.31. The van der Waals surface area contributed by atoms with E-state index in [4.69, 9.17) is 14.5 Å². The lowest BCUT2D eigenvalue weighted by Gasteiger charge is -2.36. The van der Waals surface area contributed by atoms with E-state index in [0.29, 0.717) is 35.7 Å². The molecule has 1 amide bonds. The van der Waals surface area contributed by atoms with Gasteiger partial charge in [0, 0.05) is 45.8 Å². The molecule has 10 nitrogen and oxygen atoms in total. The van der Waals surface area contributed by atoms with Crippen LogP contribution in [0, 0.1) is 11.3 Å². The number of carbonyl (C=O) groups is 2. The van der Waals surface area contributed by atoms with Gasteiger partial charge in [0.05, 0.1) is 22.9 Å². The number of carboxylic acid groups (broad SMARTS) is 1. The van der Waals surface area contributed by atoms with Crippen LogP contribution in [0.3, 0.4) is 0 Å². The summed E-state index contributed by atoms with van der Waals surface area (Å²) in [6.07, 6.45) is 3.45. The van der Waals surface area contributed by atoms with E-state index in [1.165, 1.54) is 16.6 Å². The van der Waals surface area contributed by atoms with E-state index in [1.807, 2.05) is 6.07 Å². The van der Waals surface area contributed by atoms with Gasteiger partial charge >= 0.3 is 12.1 Å². The molecule has 39 heavy (non-hydrogen) atoms. The molecular formula is C27H35F2N5O5. The number of nitrogens with zero attached hydrogens (tertiary/aromatic N) is 5. The fourth-order valence-corrected chi connectivity index (χ4v) is 5.60. The lowest BCUT2D eigenvalue weighted by molar-refractivity contribution is -0.151. The maximum Gasteiger partial charge on any atom is 0.409 e. The van der Waals surface area contributed by atoms with Crippen LogP contribution < -0.4 is 4.74 Å². The lowest BCUT2D eigenvalue weighted by Crippen LogP contribution is -2.43. The van der Waals surface area contributed by atoms with E-state index in [1.54, 1.807) is 20.0 Å². The Labute approximate surface area is 225 Å². The molecule has 3 aliphatic rings. The van der Waals surface area contributed by atoms with E-state index >= 15 is 0 Å². The molecule has 2 aromatic rings. The minimum absolute atomic E-state index is 0.0998. The molecule has 212 valence electrons. The predicted octanol–water partition coefficient (Wildman–Crippen LogP) is 4.78. The number of carbonyl (C=O) groups excluding carboxylic acids is 1. The summed E-state index contributed by atoms with van der Waals surface area (Å²) in [4.78, 5) is 30.5. The molecule has 2 atom stereocenters. The highest BCUT2D eigenvalue weighted by atomic mass is 19.3. The summed E-state index contributed by atoms with van der Waals surface area (Å²) < 4.78 is 39.6. The Morgan fingerprint density at radius 1 is 1.21 bits per heavy atom. The number of rotatable bonds is 9. The Morgan fingerprint density at radius 3 is 2.62 bits per heavy atom. The molecule has 12 heteroatoms. The highest BCUT2D eigenvalue weighted by Crippen LogP contribution is 2.46. The van der Waals surface area contributed by atoms with Crippen molar-refractivity contribution in [2.24, 2.45) is 18.4 Å². The van der Waals surface area contributed by atoms with Crippen LogP contribution in [0.1, 0.15) is 75.6 Å². The first kappa shape index (κ1) is 27.3. The van der Waals surface area contributed by atoms with E-state index in [2.05, 4.69) is 10.3 Å². The van der Waals surface area contributed by atoms with Crippen molar-refractivity contribution in [3.63, 3.8) is 0 Å². The molecule has 3 saturated carbocycles. The molecule has 0 unspecified atom stereocenters. The number of pyridine rings is 1. The number of halogens is 2. The monoisotopic (exact) mass is 547 g/mol. The van der Waals surface area contributed by atoms with Gasteiger partial charge in [-0.15, -0.1) is 5.10 Å². The molecule has 0 aliphatic heterocycles. The van der Waals surface area contributed by atoms with Crippen LogP contribution >= 0.6 is 0 Å². The third-order valence-corrected chi connectivity index (χ3v) is 8.13. The Bertz CT molecular complexity index is 1240. The standard InChI is InChI=1S/C27H35F2N5O5/c1-26(24(35)36)10-4-5-18(13-26)39-21-9-8-19(30-22(21)17-6-7-17)23-20(34(3)32-31-23)15-38-25(37)33(2)14-16-11-27(28,29)12-16/h8-9,16-18H,4-7,10-15H2,1-3H3,(H,35,36)/t18-,26-/m0/s1. The van der Waals surface area contributed by atoms with Gasteiger partial charge in [-0.25, -0.2) is 23.2 Å². The zero-order valence-corrected chi connectivity index (χ0v) is 22.5. The number of aliphatic carboxylic acids is 1. The summed E-state index contributed by atoms with van der Waals surface area (Å²) in [6.45, 7) is 1.89. The third-order valence-electron chi connectivity index (χ3n) is 8.13. The average molecular weight is 548 g/mol. The van der Waals surface area contributed by atoms with E-state index in [0.717, 1.165) is 31.4 Å². The largest absolute Gasteiger partial charge is 0.488 e. The van der Waals surface area contributed by atoms with Crippen molar-refractivity contribution in [2.45, 2.75) is 82.8 Å². The first-order valence-electron chi connectivity index (χ1n) is 13.5. The Balaban J connectivity index is 1.27. The summed E-state index contributed by atoms with van der Waals surface area (Å²) in [7, 11) is 3.23. The van der Waals surface area contributed by atoms with Gasteiger partial charge in [-0.3, -0.25) is 4.79 Å². The van der Waals surface area contributed by atoms with Gasteiger partial charge in [-0.2, -0.15) is 0 Å². The zero-order chi connectivity index (χ0) is 27.9. The molecule has 1 N–H and O–H groups in total. The lowest BCUT2D eigenvalue weighted by atomic mass is 9.74. The smallest absolute Gasteiger partial charge is 0.409 e. The molecular weight excluding hydrogens is 512 g/mol. The summed E-state index contributed by atoms with van der Waals surface area (Å²) >= 11 is 0. The predicted molar refractivity (Wildman–Crippen MR) is 135 cm³/mol. The number of amides is 1. The highest BCUT2D eigenvalue weighted by molar-refractivity contribution is 5.74. The van der Waals surface area contributed by atoms with Crippen molar-refractivity contribution >= 4 is 12.1 Å². The number of hydrogen-bond acceptors (Lipinski definition) is 7. The molecule has 2 aromatic heterocycles. The van der Waals surface area contributed by atoms with Crippen molar-refractivity contribution in [1.82, 2.24) is 24.9 Å². The summed E-state index contributed by atoms with van der Waals surface area (Å²) in [5.41, 5.74) is 1.64. The minimum Gasteiger partial charge on any atom is -0.488 e. The molecule has 0 aromatic carbocycles. The summed E-state index contributed by atoms with van der Waals surface area (Å²) in [5, 5.41) is 18.0. The second-order valence-electron chi connectivity index (χ2n) is 11.6. The molecule has 0 radical (unpaired) electrons. The Morgan fingerprint density at radius 2 is 1.95 bits per heavy atom. The molecule has 0 bridgehead atoms. The van der Waals surface area contributed by atoms with Gasteiger partial charge in [0.15, 0.2) is 0 Å². The maximum atomic E-state index is 13.1. The van der Waals surface area contributed by atoms with E-state index in [-0.39, 0.29) is 43.9 Å².